The van der Waals surface area contributed by atoms with Crippen LogP contribution in [0.5, 0.6) is 11.5 Å². The van der Waals surface area contributed by atoms with Crippen LogP contribution >= 0.6 is 11.3 Å². The van der Waals surface area contributed by atoms with Crippen molar-refractivity contribution >= 4 is 23.3 Å². The molecule has 0 unspecified atom stereocenters. The number of aldehydes is 1. The predicted octanol–water partition coefficient (Wildman–Crippen LogP) is 2.45. The van der Waals surface area contributed by atoms with Gasteiger partial charge in [0.15, 0.2) is 17.8 Å². The Morgan fingerprint density at radius 3 is 2.80 bits per heavy atom. The molecule has 0 bridgehead atoms. The van der Waals surface area contributed by atoms with Gasteiger partial charge in [-0.15, -0.1) is 11.3 Å². The molecule has 0 radical (unpaired) electrons. The highest BCUT2D eigenvalue weighted by atomic mass is 32.1. The van der Waals surface area contributed by atoms with Gasteiger partial charge < -0.3 is 9.47 Å². The number of carbonyl (C=O) groups excluding carboxylic acids is 1. The van der Waals surface area contributed by atoms with E-state index in [-0.39, 0.29) is 29.4 Å². The number of nitrogens with zero attached hydrogens (tertiary/aromatic N) is 2. The summed E-state index contributed by atoms with van der Waals surface area (Å²) in [6, 6.07) is 2.47. The fourth-order valence-corrected chi connectivity index (χ4v) is 2.06. The van der Waals surface area contributed by atoms with Crippen molar-refractivity contribution in [2.75, 3.05) is 7.11 Å². The molecule has 2 aromatic rings. The lowest BCUT2D eigenvalue weighted by Gasteiger charge is -2.10. The Kier molecular flexibility index (Phi) is 4.26. The van der Waals surface area contributed by atoms with Crippen molar-refractivity contribution in [3.8, 4) is 11.5 Å². The number of aromatic nitrogens is 1. The van der Waals surface area contributed by atoms with Gasteiger partial charge in [0.2, 0.25) is 0 Å². The number of methoxy groups -OCH3 is 1. The van der Waals surface area contributed by atoms with E-state index in [9.17, 15) is 14.9 Å². The van der Waals surface area contributed by atoms with Crippen LogP contribution < -0.4 is 9.47 Å². The molecule has 104 valence electrons. The number of rotatable bonds is 6. The lowest BCUT2D eigenvalue weighted by Crippen LogP contribution is -2.00. The lowest BCUT2D eigenvalue weighted by atomic mass is 10.1. The summed E-state index contributed by atoms with van der Waals surface area (Å²) in [5.74, 6) is 0.473. The summed E-state index contributed by atoms with van der Waals surface area (Å²) >= 11 is 1.41. The first kappa shape index (κ1) is 13.9. The number of carbonyl (C=O) groups is 1. The Bertz CT molecular complexity index is 627. The summed E-state index contributed by atoms with van der Waals surface area (Å²) in [6.07, 6.45) is 2.05. The molecule has 0 aliphatic carbocycles. The minimum absolute atomic E-state index is 0.0583. The molecule has 1 aromatic heterocycles. The first-order valence-corrected chi connectivity index (χ1v) is 6.35. The Morgan fingerprint density at radius 2 is 2.25 bits per heavy atom. The summed E-state index contributed by atoms with van der Waals surface area (Å²) in [7, 11) is 1.40. The molecule has 0 aliphatic heterocycles. The van der Waals surface area contributed by atoms with Gasteiger partial charge in [0.1, 0.15) is 6.61 Å². The van der Waals surface area contributed by atoms with Crippen molar-refractivity contribution in [2.24, 2.45) is 0 Å². The largest absolute Gasteiger partial charge is 0.493 e. The lowest BCUT2D eigenvalue weighted by molar-refractivity contribution is -0.385. The zero-order chi connectivity index (χ0) is 14.5. The zero-order valence-corrected chi connectivity index (χ0v) is 11.3. The van der Waals surface area contributed by atoms with E-state index < -0.39 is 4.92 Å². The number of benzene rings is 1. The molecule has 1 heterocycles. The molecular formula is C12H10N2O5S. The van der Waals surface area contributed by atoms with Crippen LogP contribution in [0.15, 0.2) is 23.8 Å². The van der Waals surface area contributed by atoms with Crippen molar-refractivity contribution in [3.63, 3.8) is 0 Å². The number of nitro benzene ring substituents is 1. The van der Waals surface area contributed by atoms with Crippen molar-refractivity contribution < 1.29 is 19.2 Å². The first-order valence-electron chi connectivity index (χ1n) is 5.47. The van der Waals surface area contributed by atoms with Crippen molar-refractivity contribution in [1.29, 1.82) is 0 Å². The molecule has 0 fully saturated rings. The second-order valence-electron chi connectivity index (χ2n) is 3.69. The molecule has 0 spiro atoms. The van der Waals surface area contributed by atoms with Crippen LogP contribution in [0.1, 0.15) is 15.2 Å². The number of nitro groups is 1. The summed E-state index contributed by atoms with van der Waals surface area (Å²) in [4.78, 5) is 25.9. The van der Waals surface area contributed by atoms with Gasteiger partial charge in [0.25, 0.3) is 5.69 Å². The number of hydrogen-bond donors (Lipinski definition) is 0. The average molecular weight is 294 g/mol. The van der Waals surface area contributed by atoms with E-state index in [1.54, 1.807) is 11.7 Å². The first-order chi connectivity index (χ1) is 9.65. The van der Waals surface area contributed by atoms with E-state index in [4.69, 9.17) is 9.47 Å². The van der Waals surface area contributed by atoms with Gasteiger partial charge >= 0.3 is 0 Å². The van der Waals surface area contributed by atoms with Gasteiger partial charge in [-0.3, -0.25) is 19.9 Å². The SMILES string of the molecule is COc1cc(C=O)c([N+](=O)[O-])cc1OCc1cncs1. The quantitative estimate of drug-likeness (QED) is 0.461. The maximum Gasteiger partial charge on any atom is 0.283 e. The van der Waals surface area contributed by atoms with Gasteiger partial charge in [0, 0.05) is 12.3 Å². The zero-order valence-electron chi connectivity index (χ0n) is 10.4. The van der Waals surface area contributed by atoms with E-state index in [0.29, 0.717) is 6.29 Å². The van der Waals surface area contributed by atoms with E-state index >= 15 is 0 Å². The van der Waals surface area contributed by atoms with Gasteiger partial charge in [-0.05, 0) is 0 Å². The molecule has 20 heavy (non-hydrogen) atoms. The van der Waals surface area contributed by atoms with E-state index in [1.807, 2.05) is 0 Å². The molecule has 0 amide bonds. The molecule has 0 aliphatic rings. The highest BCUT2D eigenvalue weighted by Gasteiger charge is 2.19. The highest BCUT2D eigenvalue weighted by molar-refractivity contribution is 7.09. The Labute approximate surface area is 117 Å². The molecule has 7 nitrogen and oxygen atoms in total. The third-order valence-corrected chi connectivity index (χ3v) is 3.24. The Hall–Kier alpha value is -2.48. The molecule has 0 atom stereocenters. The van der Waals surface area contributed by atoms with Gasteiger partial charge in [-0.1, -0.05) is 0 Å². The Morgan fingerprint density at radius 1 is 1.45 bits per heavy atom. The average Bonchev–Trinajstić information content (AvgIpc) is 2.97. The normalized spacial score (nSPS) is 10.1. The molecular weight excluding hydrogens is 284 g/mol. The van der Waals surface area contributed by atoms with Gasteiger partial charge in [-0.2, -0.15) is 0 Å². The predicted molar refractivity (Wildman–Crippen MR) is 71.5 cm³/mol. The van der Waals surface area contributed by atoms with Crippen LogP contribution in [-0.4, -0.2) is 23.3 Å². The smallest absolute Gasteiger partial charge is 0.283 e. The monoisotopic (exact) mass is 294 g/mol. The third kappa shape index (κ3) is 2.91. The second-order valence-corrected chi connectivity index (χ2v) is 4.66. The van der Waals surface area contributed by atoms with Crippen LogP contribution in [0.3, 0.4) is 0 Å². The topological polar surface area (TPSA) is 91.6 Å². The van der Waals surface area contributed by atoms with Crippen LogP contribution in [-0.2, 0) is 6.61 Å². The van der Waals surface area contributed by atoms with Crippen LogP contribution in [0.25, 0.3) is 0 Å². The van der Waals surface area contributed by atoms with Crippen LogP contribution in [0.4, 0.5) is 5.69 Å². The summed E-state index contributed by atoms with van der Waals surface area (Å²) in [5, 5.41) is 10.9. The van der Waals surface area contributed by atoms with Gasteiger partial charge in [0.05, 0.1) is 34.1 Å². The van der Waals surface area contributed by atoms with Crippen molar-refractivity contribution in [2.45, 2.75) is 6.61 Å². The Balaban J connectivity index is 2.32. The van der Waals surface area contributed by atoms with Crippen LogP contribution in [0.2, 0.25) is 0 Å². The van der Waals surface area contributed by atoms with Crippen LogP contribution in [0, 0.1) is 10.1 Å². The molecule has 1 aromatic carbocycles. The molecule has 8 heteroatoms. The van der Waals surface area contributed by atoms with Crippen molar-refractivity contribution in [1.82, 2.24) is 4.98 Å². The van der Waals surface area contributed by atoms with E-state index in [1.165, 1.54) is 30.6 Å². The minimum Gasteiger partial charge on any atom is -0.493 e. The molecule has 0 saturated heterocycles. The summed E-state index contributed by atoms with van der Waals surface area (Å²) in [5.41, 5.74) is 1.28. The maximum absolute atomic E-state index is 10.9. The summed E-state index contributed by atoms with van der Waals surface area (Å²) in [6.45, 7) is 0.221. The number of ether oxygens (including phenoxy) is 2. The number of hydrogen-bond acceptors (Lipinski definition) is 7. The van der Waals surface area contributed by atoms with Crippen molar-refractivity contribution in [3.05, 3.63) is 44.4 Å². The fraction of sp³-hybridized carbons (Fsp3) is 0.167. The highest BCUT2D eigenvalue weighted by Crippen LogP contribution is 2.34. The molecule has 2 rings (SSSR count). The fourth-order valence-electron chi connectivity index (χ4n) is 1.55. The third-order valence-electron chi connectivity index (χ3n) is 2.49. The second kappa shape index (κ2) is 6.11. The molecule has 0 N–H and O–H groups in total. The minimum atomic E-state index is -0.636. The van der Waals surface area contributed by atoms with Gasteiger partial charge in [-0.25, -0.2) is 0 Å². The van der Waals surface area contributed by atoms with E-state index in [0.717, 1.165) is 4.88 Å². The summed E-state index contributed by atoms with van der Waals surface area (Å²) < 4.78 is 10.6. The number of thiazole rings is 1. The van der Waals surface area contributed by atoms with E-state index in [2.05, 4.69) is 4.98 Å². The molecule has 0 saturated carbocycles. The maximum atomic E-state index is 10.9. The standard InChI is InChI=1S/C12H10N2O5S/c1-18-11-2-8(5-15)10(14(16)17)3-12(11)19-6-9-4-13-7-20-9/h2-5,7H,6H2,1H3.